The van der Waals surface area contributed by atoms with Gasteiger partial charge in [0.15, 0.2) is 0 Å². The average molecular weight is 336 g/mol. The Balaban J connectivity index is 2.55. The smallest absolute Gasteiger partial charge is 0.0701 e. The fourth-order valence-electron chi connectivity index (χ4n) is 1.67. The normalized spacial score (nSPS) is 14.8. The van der Waals surface area contributed by atoms with Crippen LogP contribution in [0.5, 0.6) is 0 Å². The largest absolute Gasteiger partial charge is 0.326 e. The number of thioether (sulfide) groups is 1. The van der Waals surface area contributed by atoms with E-state index < -0.39 is 0 Å². The summed E-state index contributed by atoms with van der Waals surface area (Å²) >= 11 is 7.38. The third kappa shape index (κ3) is 5.33. The van der Waals surface area contributed by atoms with Crippen molar-refractivity contribution in [2.24, 2.45) is 5.73 Å². The first-order valence-electron chi connectivity index (χ1n) is 6.31. The number of rotatable bonds is 8. The van der Waals surface area contributed by atoms with Gasteiger partial charge in [0, 0.05) is 10.9 Å². The van der Waals surface area contributed by atoms with Crippen LogP contribution in [-0.2, 0) is 0 Å². The Morgan fingerprint density at radius 2 is 2.12 bits per heavy atom. The zero-order valence-electron chi connectivity index (χ0n) is 10.6. The molecule has 2 atom stereocenters. The molecule has 0 saturated heterocycles. The molecule has 0 spiro atoms. The van der Waals surface area contributed by atoms with Crippen LogP contribution in [0, 0.1) is 0 Å². The molecule has 0 bridgehead atoms. The zero-order chi connectivity index (χ0) is 12.7. The monoisotopic (exact) mass is 335 g/mol. The van der Waals surface area contributed by atoms with Crippen molar-refractivity contribution in [2.45, 2.75) is 50.8 Å². The molecule has 2 N–H and O–H groups in total. The number of thiophene rings is 1. The highest BCUT2D eigenvalue weighted by atomic mass is 79.9. The highest BCUT2D eigenvalue weighted by Gasteiger charge is 2.20. The quantitative estimate of drug-likeness (QED) is 0.659. The Kier molecular flexibility index (Phi) is 7.84. The molecule has 4 heteroatoms. The molecule has 0 fully saturated rings. The van der Waals surface area contributed by atoms with Gasteiger partial charge in [-0.05, 0) is 46.7 Å². The summed E-state index contributed by atoms with van der Waals surface area (Å²) in [5, 5.41) is 0.466. The van der Waals surface area contributed by atoms with Gasteiger partial charge in [0.25, 0.3) is 0 Å². The first-order valence-corrected chi connectivity index (χ1v) is 8.97. The maximum Gasteiger partial charge on any atom is 0.0701 e. The summed E-state index contributed by atoms with van der Waals surface area (Å²) < 4.78 is 1.20. The lowest BCUT2D eigenvalue weighted by Crippen LogP contribution is -2.25. The molecular formula is C13H22BrNS2. The maximum absolute atomic E-state index is 6.24. The van der Waals surface area contributed by atoms with E-state index in [2.05, 4.69) is 41.9 Å². The molecule has 98 valence electrons. The molecule has 1 nitrogen and oxygen atoms in total. The minimum absolute atomic E-state index is 0.271. The molecule has 1 heterocycles. The average Bonchev–Trinajstić information content (AvgIpc) is 2.75. The second-order valence-corrected chi connectivity index (χ2v) is 7.96. The van der Waals surface area contributed by atoms with E-state index in [1.807, 2.05) is 23.1 Å². The van der Waals surface area contributed by atoms with Gasteiger partial charge >= 0.3 is 0 Å². The lowest BCUT2D eigenvalue weighted by atomic mass is 10.1. The summed E-state index contributed by atoms with van der Waals surface area (Å²) in [5.41, 5.74) is 6.24. The fourth-order valence-corrected chi connectivity index (χ4v) is 4.81. The number of hydrogen-bond acceptors (Lipinski definition) is 3. The Morgan fingerprint density at radius 3 is 2.65 bits per heavy atom. The molecule has 0 radical (unpaired) electrons. The van der Waals surface area contributed by atoms with E-state index in [4.69, 9.17) is 5.73 Å². The van der Waals surface area contributed by atoms with Crippen molar-refractivity contribution in [3.05, 3.63) is 20.8 Å². The summed E-state index contributed by atoms with van der Waals surface area (Å²) in [6.45, 7) is 4.42. The molecule has 0 aliphatic carbocycles. The predicted molar refractivity (Wildman–Crippen MR) is 85.0 cm³/mol. The Hall–Kier alpha value is 0.490. The van der Waals surface area contributed by atoms with Crippen LogP contribution < -0.4 is 5.73 Å². The van der Waals surface area contributed by atoms with Crippen molar-refractivity contribution in [3.8, 4) is 0 Å². The summed E-state index contributed by atoms with van der Waals surface area (Å²) in [6, 6.07) is 4.61. The first-order chi connectivity index (χ1) is 8.19. The van der Waals surface area contributed by atoms with Crippen LogP contribution in [0.4, 0.5) is 0 Å². The summed E-state index contributed by atoms with van der Waals surface area (Å²) in [4.78, 5) is 1.41. The van der Waals surface area contributed by atoms with Gasteiger partial charge in [-0.25, -0.2) is 0 Å². The second kappa shape index (κ2) is 8.57. The van der Waals surface area contributed by atoms with Gasteiger partial charge in [-0.15, -0.1) is 11.3 Å². The fraction of sp³-hybridized carbons (Fsp3) is 0.692. The Morgan fingerprint density at radius 1 is 1.35 bits per heavy atom. The minimum Gasteiger partial charge on any atom is -0.326 e. The molecule has 1 aromatic rings. The highest BCUT2D eigenvalue weighted by Crippen LogP contribution is 2.38. The van der Waals surface area contributed by atoms with Crippen molar-refractivity contribution < 1.29 is 0 Å². The predicted octanol–water partition coefficient (Wildman–Crippen LogP) is 5.21. The molecule has 0 aliphatic heterocycles. The van der Waals surface area contributed by atoms with E-state index in [9.17, 15) is 0 Å². The molecule has 0 saturated carbocycles. The van der Waals surface area contributed by atoms with Crippen molar-refractivity contribution in [2.75, 3.05) is 5.75 Å². The molecule has 17 heavy (non-hydrogen) atoms. The van der Waals surface area contributed by atoms with Gasteiger partial charge in [-0.1, -0.05) is 26.7 Å². The molecule has 1 rings (SSSR count). The van der Waals surface area contributed by atoms with Crippen molar-refractivity contribution in [1.29, 1.82) is 0 Å². The van der Waals surface area contributed by atoms with Gasteiger partial charge in [-0.2, -0.15) is 11.8 Å². The lowest BCUT2D eigenvalue weighted by Gasteiger charge is -2.21. The Bertz CT molecular complexity index is 314. The van der Waals surface area contributed by atoms with Gasteiger partial charge in [0.1, 0.15) is 0 Å². The maximum atomic E-state index is 6.24. The third-order valence-corrected chi connectivity index (χ3v) is 6.12. The number of halogens is 1. The standard InChI is InChI=1S/C13H22BrNS2/c1-3-5-6-9-16-13(10(15)4-2)11-7-8-12(14)17-11/h7-8,10,13H,3-6,9,15H2,1-2H3. The molecule has 1 aromatic heterocycles. The van der Waals surface area contributed by atoms with Crippen LogP contribution in [-0.4, -0.2) is 11.8 Å². The van der Waals surface area contributed by atoms with E-state index in [1.165, 1.54) is 33.7 Å². The molecular weight excluding hydrogens is 314 g/mol. The van der Waals surface area contributed by atoms with Crippen LogP contribution in [0.1, 0.15) is 49.7 Å². The minimum atomic E-state index is 0.271. The lowest BCUT2D eigenvalue weighted by molar-refractivity contribution is 0.638. The van der Waals surface area contributed by atoms with E-state index in [0.29, 0.717) is 5.25 Å². The summed E-state index contributed by atoms with van der Waals surface area (Å²) in [5.74, 6) is 1.22. The number of hydrogen-bond donors (Lipinski definition) is 1. The number of nitrogens with two attached hydrogens (primary N) is 1. The van der Waals surface area contributed by atoms with E-state index in [1.54, 1.807) is 0 Å². The van der Waals surface area contributed by atoms with Gasteiger partial charge in [0.2, 0.25) is 0 Å². The first kappa shape index (κ1) is 15.5. The van der Waals surface area contributed by atoms with Crippen molar-refractivity contribution >= 4 is 39.0 Å². The van der Waals surface area contributed by atoms with Gasteiger partial charge in [-0.3, -0.25) is 0 Å². The van der Waals surface area contributed by atoms with Crippen LogP contribution in [0.2, 0.25) is 0 Å². The van der Waals surface area contributed by atoms with E-state index >= 15 is 0 Å². The van der Waals surface area contributed by atoms with E-state index in [-0.39, 0.29) is 6.04 Å². The van der Waals surface area contributed by atoms with E-state index in [0.717, 1.165) is 6.42 Å². The third-order valence-electron chi connectivity index (χ3n) is 2.78. The van der Waals surface area contributed by atoms with Gasteiger partial charge < -0.3 is 5.73 Å². The van der Waals surface area contributed by atoms with Crippen LogP contribution in [0.3, 0.4) is 0 Å². The molecule has 0 aliphatic rings. The van der Waals surface area contributed by atoms with Crippen molar-refractivity contribution in [1.82, 2.24) is 0 Å². The highest BCUT2D eigenvalue weighted by molar-refractivity contribution is 9.11. The SMILES string of the molecule is CCCCCSC(c1ccc(Br)s1)C(N)CC. The summed E-state index contributed by atoms with van der Waals surface area (Å²) in [6.07, 6.45) is 4.96. The zero-order valence-corrected chi connectivity index (χ0v) is 13.8. The second-order valence-electron chi connectivity index (χ2n) is 4.21. The van der Waals surface area contributed by atoms with Crippen LogP contribution in [0.25, 0.3) is 0 Å². The molecule has 0 amide bonds. The van der Waals surface area contributed by atoms with Crippen LogP contribution in [0.15, 0.2) is 15.9 Å². The van der Waals surface area contributed by atoms with Crippen LogP contribution >= 0.6 is 39.0 Å². The Labute approximate surface area is 122 Å². The number of unbranched alkanes of at least 4 members (excludes halogenated alkanes) is 2. The van der Waals surface area contributed by atoms with Gasteiger partial charge in [0.05, 0.1) is 9.04 Å². The molecule has 2 unspecified atom stereocenters. The topological polar surface area (TPSA) is 26.0 Å². The molecule has 0 aromatic carbocycles. The summed E-state index contributed by atoms with van der Waals surface area (Å²) in [7, 11) is 0. The van der Waals surface area contributed by atoms with Crippen molar-refractivity contribution in [3.63, 3.8) is 0 Å².